The van der Waals surface area contributed by atoms with Crippen molar-refractivity contribution in [3.8, 4) is 0 Å². The number of hydrogen-bond acceptors (Lipinski definition) is 0. The fourth-order valence-electron chi connectivity index (χ4n) is 1.22. The lowest BCUT2D eigenvalue weighted by Crippen LogP contribution is -1.83. The SMILES string of the molecule is C=C(/C=C\C)c1ccccc1C.CC. The molecule has 0 heterocycles. The van der Waals surface area contributed by atoms with Gasteiger partial charge in [0, 0.05) is 0 Å². The molecule has 1 aromatic carbocycles. The zero-order chi connectivity index (χ0) is 11.0. The molecule has 0 aromatic heterocycles. The molecule has 0 bridgehead atoms. The molecule has 14 heavy (non-hydrogen) atoms. The highest BCUT2D eigenvalue weighted by Gasteiger charge is 1.96. The summed E-state index contributed by atoms with van der Waals surface area (Å²) in [5.74, 6) is 0. The summed E-state index contributed by atoms with van der Waals surface area (Å²) in [4.78, 5) is 0. The van der Waals surface area contributed by atoms with E-state index in [0.717, 1.165) is 5.57 Å². The second-order valence-corrected chi connectivity index (χ2v) is 2.84. The van der Waals surface area contributed by atoms with Gasteiger partial charge in [0.2, 0.25) is 0 Å². The molecule has 0 amide bonds. The minimum atomic E-state index is 1.08. The van der Waals surface area contributed by atoms with Gasteiger partial charge in [-0.05, 0) is 30.5 Å². The van der Waals surface area contributed by atoms with Gasteiger partial charge in [0.15, 0.2) is 0 Å². The van der Waals surface area contributed by atoms with Crippen molar-refractivity contribution in [3.63, 3.8) is 0 Å². The van der Waals surface area contributed by atoms with Crippen LogP contribution in [0.1, 0.15) is 31.9 Å². The topological polar surface area (TPSA) is 0 Å². The number of rotatable bonds is 2. The molecule has 0 fully saturated rings. The van der Waals surface area contributed by atoms with Gasteiger partial charge in [0.1, 0.15) is 0 Å². The van der Waals surface area contributed by atoms with E-state index in [2.05, 4.69) is 25.6 Å². The van der Waals surface area contributed by atoms with Gasteiger partial charge in [-0.1, -0.05) is 56.8 Å². The fourth-order valence-corrected chi connectivity index (χ4v) is 1.22. The summed E-state index contributed by atoms with van der Waals surface area (Å²) in [6, 6.07) is 8.28. The average Bonchev–Trinajstić information content (AvgIpc) is 2.22. The predicted octanol–water partition coefficient (Wildman–Crippen LogP) is 4.61. The normalized spacial score (nSPS) is 9.43. The van der Waals surface area contributed by atoms with Crippen molar-refractivity contribution >= 4 is 5.57 Å². The van der Waals surface area contributed by atoms with E-state index in [9.17, 15) is 0 Å². The van der Waals surface area contributed by atoms with Gasteiger partial charge in [0.05, 0.1) is 0 Å². The first kappa shape index (κ1) is 12.7. The van der Waals surface area contributed by atoms with E-state index in [4.69, 9.17) is 0 Å². The zero-order valence-corrected chi connectivity index (χ0v) is 9.67. The Balaban J connectivity index is 0.000000791. The van der Waals surface area contributed by atoms with E-state index >= 15 is 0 Å². The molecule has 0 aliphatic carbocycles. The molecule has 0 unspecified atom stereocenters. The van der Waals surface area contributed by atoms with Crippen LogP contribution in [0.2, 0.25) is 0 Å². The first-order chi connectivity index (χ1) is 6.75. The van der Waals surface area contributed by atoms with Crippen LogP contribution in [0.5, 0.6) is 0 Å². The second-order valence-electron chi connectivity index (χ2n) is 2.84. The lowest BCUT2D eigenvalue weighted by molar-refractivity contribution is 1.43. The van der Waals surface area contributed by atoms with Crippen molar-refractivity contribution in [3.05, 3.63) is 54.1 Å². The summed E-state index contributed by atoms with van der Waals surface area (Å²) < 4.78 is 0. The molecular weight excluding hydrogens is 168 g/mol. The monoisotopic (exact) mass is 188 g/mol. The van der Waals surface area contributed by atoms with Gasteiger partial charge in [0.25, 0.3) is 0 Å². The third-order valence-electron chi connectivity index (χ3n) is 1.86. The molecule has 0 nitrogen and oxygen atoms in total. The number of allylic oxidation sites excluding steroid dienone is 3. The van der Waals surface area contributed by atoms with Crippen molar-refractivity contribution < 1.29 is 0 Å². The minimum Gasteiger partial charge on any atom is -0.0912 e. The van der Waals surface area contributed by atoms with Gasteiger partial charge >= 0.3 is 0 Å². The number of benzene rings is 1. The van der Waals surface area contributed by atoms with Crippen LogP contribution < -0.4 is 0 Å². The molecule has 0 atom stereocenters. The minimum absolute atomic E-state index is 1.08. The molecule has 0 radical (unpaired) electrons. The van der Waals surface area contributed by atoms with Gasteiger partial charge in [-0.15, -0.1) is 0 Å². The Morgan fingerprint density at radius 3 is 2.29 bits per heavy atom. The molecule has 0 saturated carbocycles. The maximum Gasteiger partial charge on any atom is -0.0161 e. The summed E-state index contributed by atoms with van der Waals surface area (Å²) in [7, 11) is 0. The highest BCUT2D eigenvalue weighted by Crippen LogP contribution is 2.17. The molecule has 76 valence electrons. The number of aryl methyl sites for hydroxylation is 1. The smallest absolute Gasteiger partial charge is 0.0161 e. The maximum absolute atomic E-state index is 3.99. The third kappa shape index (κ3) is 3.61. The highest BCUT2D eigenvalue weighted by atomic mass is 14.0. The molecular formula is C14H20. The van der Waals surface area contributed by atoms with Gasteiger partial charge in [-0.3, -0.25) is 0 Å². The summed E-state index contributed by atoms with van der Waals surface area (Å²) in [5, 5.41) is 0. The summed E-state index contributed by atoms with van der Waals surface area (Å²) >= 11 is 0. The molecule has 1 rings (SSSR count). The van der Waals surface area contributed by atoms with E-state index in [1.807, 2.05) is 45.1 Å². The van der Waals surface area contributed by atoms with Crippen LogP contribution in [0.25, 0.3) is 5.57 Å². The molecule has 0 N–H and O–H groups in total. The second kappa shape index (κ2) is 7.14. The van der Waals surface area contributed by atoms with Crippen LogP contribution in [0.3, 0.4) is 0 Å². The van der Waals surface area contributed by atoms with E-state index in [1.165, 1.54) is 11.1 Å². The lowest BCUT2D eigenvalue weighted by Gasteiger charge is -2.03. The molecule has 0 heteroatoms. The first-order valence-corrected chi connectivity index (χ1v) is 5.13. The zero-order valence-electron chi connectivity index (χ0n) is 9.67. The van der Waals surface area contributed by atoms with Gasteiger partial charge in [-0.25, -0.2) is 0 Å². The molecule has 0 aliphatic heterocycles. The third-order valence-corrected chi connectivity index (χ3v) is 1.86. The van der Waals surface area contributed by atoms with E-state index < -0.39 is 0 Å². The first-order valence-electron chi connectivity index (χ1n) is 5.13. The molecule has 0 saturated heterocycles. The van der Waals surface area contributed by atoms with Crippen LogP contribution >= 0.6 is 0 Å². The Morgan fingerprint density at radius 1 is 1.21 bits per heavy atom. The van der Waals surface area contributed by atoms with Crippen LogP contribution in [-0.2, 0) is 0 Å². The predicted molar refractivity (Wildman–Crippen MR) is 66.4 cm³/mol. The summed E-state index contributed by atoms with van der Waals surface area (Å²) in [6.45, 7) is 12.1. The summed E-state index contributed by atoms with van der Waals surface area (Å²) in [5.41, 5.74) is 3.59. The van der Waals surface area contributed by atoms with Crippen molar-refractivity contribution in [2.24, 2.45) is 0 Å². The van der Waals surface area contributed by atoms with Crippen molar-refractivity contribution in [2.75, 3.05) is 0 Å². The van der Waals surface area contributed by atoms with Crippen LogP contribution in [-0.4, -0.2) is 0 Å². The highest BCUT2D eigenvalue weighted by molar-refractivity contribution is 5.73. The molecule has 0 spiro atoms. The standard InChI is InChI=1S/C12H14.C2H6/c1-4-7-10(2)12-9-6-5-8-11(12)3;1-2/h4-9H,2H2,1,3H3;1-2H3/b7-4-;. The fraction of sp³-hybridized carbons (Fsp3) is 0.286. The van der Waals surface area contributed by atoms with Crippen molar-refractivity contribution in [1.82, 2.24) is 0 Å². The summed E-state index contributed by atoms with van der Waals surface area (Å²) in [6.07, 6.45) is 4.04. The maximum atomic E-state index is 3.99. The average molecular weight is 188 g/mol. The Bertz CT molecular complexity index is 306. The molecule has 1 aromatic rings. The van der Waals surface area contributed by atoms with E-state index in [0.29, 0.717) is 0 Å². The lowest BCUT2D eigenvalue weighted by atomic mass is 10.0. The van der Waals surface area contributed by atoms with Crippen LogP contribution in [0.15, 0.2) is 43.0 Å². The molecule has 0 aliphatic rings. The van der Waals surface area contributed by atoms with Crippen LogP contribution in [0.4, 0.5) is 0 Å². The van der Waals surface area contributed by atoms with E-state index in [1.54, 1.807) is 0 Å². The Kier molecular flexibility index (Phi) is 6.47. The van der Waals surface area contributed by atoms with Gasteiger partial charge in [-0.2, -0.15) is 0 Å². The Hall–Kier alpha value is -1.30. The largest absolute Gasteiger partial charge is 0.0912 e. The quantitative estimate of drug-likeness (QED) is 0.594. The Morgan fingerprint density at radius 2 is 1.79 bits per heavy atom. The van der Waals surface area contributed by atoms with Crippen molar-refractivity contribution in [1.29, 1.82) is 0 Å². The van der Waals surface area contributed by atoms with E-state index in [-0.39, 0.29) is 0 Å². The van der Waals surface area contributed by atoms with Crippen molar-refractivity contribution in [2.45, 2.75) is 27.7 Å². The number of hydrogen-bond donors (Lipinski definition) is 0. The van der Waals surface area contributed by atoms with Crippen LogP contribution in [0, 0.1) is 6.92 Å². The van der Waals surface area contributed by atoms with Gasteiger partial charge < -0.3 is 0 Å². The Labute approximate surface area is 88.0 Å².